The van der Waals surface area contributed by atoms with Crippen LogP contribution in [0.1, 0.15) is 31.7 Å². The molecule has 2 saturated carbocycles. The number of piperidine rings is 1. The van der Waals surface area contributed by atoms with Crippen molar-refractivity contribution in [2.24, 2.45) is 11.8 Å². The molecule has 2 aromatic rings. The second-order valence-corrected chi connectivity index (χ2v) is 8.05. The highest BCUT2D eigenvalue weighted by Crippen LogP contribution is 2.64. The molecule has 2 bridgehead atoms. The number of fused-ring (bicyclic) bond motifs is 2. The Morgan fingerprint density at radius 3 is 2.88 bits per heavy atom. The Bertz CT molecular complexity index is 946. The molecule has 1 amide bonds. The summed E-state index contributed by atoms with van der Waals surface area (Å²) in [5.74, 6) is 1.74. The molecule has 1 aliphatic heterocycles. The molecule has 1 N–H and O–H groups in total. The summed E-state index contributed by atoms with van der Waals surface area (Å²) in [5, 5.41) is 0. The fraction of sp³-hybridized carbons (Fsp3) is 0.647. The molecule has 2 aromatic heterocycles. The van der Waals surface area contributed by atoms with Gasteiger partial charge in [-0.05, 0) is 25.2 Å². The molecular weight excluding hydrogens is 320 g/mol. The number of nitrogens with one attached hydrogen (secondary N) is 1. The number of likely N-dealkylation sites (tertiary alicyclic amines) is 1. The summed E-state index contributed by atoms with van der Waals surface area (Å²) in [4.78, 5) is 40.0. The van der Waals surface area contributed by atoms with Crippen molar-refractivity contribution in [2.45, 2.75) is 37.3 Å². The molecule has 25 heavy (non-hydrogen) atoms. The van der Waals surface area contributed by atoms with Gasteiger partial charge >= 0.3 is 0 Å². The lowest BCUT2D eigenvalue weighted by molar-refractivity contribution is -0.149. The molecule has 1 saturated heterocycles. The average Bonchev–Trinajstić information content (AvgIpc) is 3.07. The zero-order valence-electron chi connectivity index (χ0n) is 14.7. The van der Waals surface area contributed by atoms with Gasteiger partial charge in [0.25, 0.3) is 5.56 Å². The van der Waals surface area contributed by atoms with Crippen LogP contribution in [-0.2, 0) is 4.79 Å². The normalized spacial score (nSPS) is 33.5. The summed E-state index contributed by atoms with van der Waals surface area (Å²) in [5.41, 5.74) is 0.825. The van der Waals surface area contributed by atoms with Gasteiger partial charge in [0, 0.05) is 45.1 Å². The van der Waals surface area contributed by atoms with Crippen LogP contribution >= 0.6 is 0 Å². The van der Waals surface area contributed by atoms with Gasteiger partial charge in [-0.1, -0.05) is 0 Å². The van der Waals surface area contributed by atoms with Gasteiger partial charge < -0.3 is 14.4 Å². The molecule has 132 valence electrons. The standard InChI is InChI=1S/C17H22N6O2/c1-21(2)16-19-14-13(15(25)20-16)18-8-23(14)11-7-17-6-9(4-10(11)17)5-12(24)22(17)3/h8-11H,4-7H2,1-3H3,(H,19,20,25)/t9-,10+,11+,17?/m1/s1. The van der Waals surface area contributed by atoms with Gasteiger partial charge in [0.2, 0.25) is 11.9 Å². The molecule has 8 heteroatoms. The summed E-state index contributed by atoms with van der Waals surface area (Å²) < 4.78 is 2.06. The maximum absolute atomic E-state index is 12.3. The molecule has 3 aliphatic rings. The minimum atomic E-state index is -0.209. The van der Waals surface area contributed by atoms with E-state index < -0.39 is 0 Å². The summed E-state index contributed by atoms with van der Waals surface area (Å²) in [6.07, 6.45) is 5.53. The molecule has 2 aliphatic carbocycles. The third-order valence-corrected chi connectivity index (χ3v) is 6.65. The number of hydrogen-bond donors (Lipinski definition) is 1. The van der Waals surface area contributed by atoms with Crippen molar-refractivity contribution in [1.29, 1.82) is 0 Å². The summed E-state index contributed by atoms with van der Waals surface area (Å²) in [7, 11) is 5.65. The first-order valence-electron chi connectivity index (χ1n) is 8.81. The number of rotatable bonds is 2. The van der Waals surface area contributed by atoms with Gasteiger partial charge in [-0.2, -0.15) is 4.98 Å². The van der Waals surface area contributed by atoms with E-state index in [-0.39, 0.29) is 23.0 Å². The van der Waals surface area contributed by atoms with E-state index >= 15 is 0 Å². The zero-order chi connectivity index (χ0) is 17.5. The molecule has 0 radical (unpaired) electrons. The number of imidazole rings is 1. The van der Waals surface area contributed by atoms with Crippen molar-refractivity contribution < 1.29 is 4.79 Å². The first-order valence-corrected chi connectivity index (χ1v) is 8.81. The highest BCUT2D eigenvalue weighted by molar-refractivity contribution is 5.79. The van der Waals surface area contributed by atoms with Gasteiger partial charge in [0.1, 0.15) is 0 Å². The number of nitrogens with zero attached hydrogens (tertiary/aromatic N) is 5. The van der Waals surface area contributed by atoms with E-state index in [1.165, 1.54) is 0 Å². The molecular formula is C17H22N6O2. The van der Waals surface area contributed by atoms with Crippen LogP contribution in [-0.4, -0.2) is 57.0 Å². The van der Waals surface area contributed by atoms with E-state index in [1.807, 2.05) is 26.0 Å². The van der Waals surface area contributed by atoms with Crippen LogP contribution < -0.4 is 10.5 Å². The zero-order valence-corrected chi connectivity index (χ0v) is 14.7. The van der Waals surface area contributed by atoms with E-state index in [9.17, 15) is 9.59 Å². The van der Waals surface area contributed by atoms with Crippen molar-refractivity contribution in [3.05, 3.63) is 16.7 Å². The number of aromatic amines is 1. The lowest BCUT2D eigenvalue weighted by Gasteiger charge is -2.57. The number of amides is 1. The van der Waals surface area contributed by atoms with Crippen LogP contribution in [0.25, 0.3) is 11.2 Å². The van der Waals surface area contributed by atoms with Crippen LogP contribution in [0.4, 0.5) is 5.95 Å². The molecule has 0 aromatic carbocycles. The van der Waals surface area contributed by atoms with E-state index in [2.05, 4.69) is 19.5 Å². The molecule has 3 fully saturated rings. The number of carbonyl (C=O) groups excluding carboxylic acids is 1. The summed E-state index contributed by atoms with van der Waals surface area (Å²) in [6.45, 7) is 0. The largest absolute Gasteiger partial charge is 0.348 e. The van der Waals surface area contributed by atoms with E-state index in [1.54, 1.807) is 11.2 Å². The smallest absolute Gasteiger partial charge is 0.280 e. The molecule has 1 unspecified atom stereocenters. The fourth-order valence-corrected chi connectivity index (χ4v) is 5.38. The van der Waals surface area contributed by atoms with Crippen LogP contribution in [0.2, 0.25) is 0 Å². The van der Waals surface area contributed by atoms with Crippen molar-refractivity contribution in [3.8, 4) is 0 Å². The first-order chi connectivity index (χ1) is 11.9. The molecule has 4 atom stereocenters. The quantitative estimate of drug-likeness (QED) is 0.870. The third-order valence-electron chi connectivity index (χ3n) is 6.65. The summed E-state index contributed by atoms with van der Waals surface area (Å²) in [6, 6.07) is 0.257. The minimum absolute atomic E-state index is 0.00678. The Morgan fingerprint density at radius 1 is 1.32 bits per heavy atom. The third kappa shape index (κ3) is 1.77. The summed E-state index contributed by atoms with van der Waals surface area (Å²) >= 11 is 0. The van der Waals surface area contributed by atoms with E-state index in [0.717, 1.165) is 19.3 Å². The van der Waals surface area contributed by atoms with Crippen LogP contribution in [0, 0.1) is 11.8 Å². The van der Waals surface area contributed by atoms with Crippen molar-refractivity contribution in [2.75, 3.05) is 26.0 Å². The molecule has 8 nitrogen and oxygen atoms in total. The predicted molar refractivity (Wildman–Crippen MR) is 92.5 cm³/mol. The predicted octanol–water partition coefficient (Wildman–Crippen LogP) is 0.758. The Morgan fingerprint density at radius 2 is 2.12 bits per heavy atom. The van der Waals surface area contributed by atoms with Crippen molar-refractivity contribution in [3.63, 3.8) is 0 Å². The lowest BCUT2D eigenvalue weighted by Crippen LogP contribution is -2.63. The van der Waals surface area contributed by atoms with Crippen LogP contribution in [0.15, 0.2) is 11.1 Å². The number of H-pyrrole nitrogens is 1. The molecule has 1 spiro atoms. The van der Waals surface area contributed by atoms with Gasteiger partial charge in [-0.15, -0.1) is 0 Å². The topological polar surface area (TPSA) is 87.1 Å². The highest BCUT2D eigenvalue weighted by atomic mass is 16.2. The number of carbonyl (C=O) groups is 1. The Kier molecular flexibility index (Phi) is 2.76. The highest BCUT2D eigenvalue weighted by Gasteiger charge is 2.65. The van der Waals surface area contributed by atoms with E-state index in [0.29, 0.717) is 35.4 Å². The fourth-order valence-electron chi connectivity index (χ4n) is 5.38. The Balaban J connectivity index is 1.58. The van der Waals surface area contributed by atoms with Gasteiger partial charge in [-0.25, -0.2) is 4.98 Å². The second-order valence-electron chi connectivity index (χ2n) is 8.05. The lowest BCUT2D eigenvalue weighted by atomic mass is 9.63. The molecule has 5 rings (SSSR count). The first kappa shape index (κ1) is 14.9. The van der Waals surface area contributed by atoms with Crippen LogP contribution in [0.3, 0.4) is 0 Å². The van der Waals surface area contributed by atoms with E-state index in [4.69, 9.17) is 0 Å². The van der Waals surface area contributed by atoms with Crippen LogP contribution in [0.5, 0.6) is 0 Å². The number of hydrogen-bond acceptors (Lipinski definition) is 5. The Hall–Kier alpha value is -2.38. The van der Waals surface area contributed by atoms with Crippen molar-refractivity contribution in [1.82, 2.24) is 24.4 Å². The minimum Gasteiger partial charge on any atom is -0.348 e. The number of anilines is 1. The molecule has 3 heterocycles. The second kappa shape index (κ2) is 4.62. The van der Waals surface area contributed by atoms with Gasteiger partial charge in [0.15, 0.2) is 11.2 Å². The SMILES string of the molecule is CN(C)c1nc2c(ncn2[C@H]2CC34C[C@@H](CC(=O)N3C)C[C@@H]24)c(=O)[nH]1. The van der Waals surface area contributed by atoms with Gasteiger partial charge in [0.05, 0.1) is 6.33 Å². The Labute approximate surface area is 144 Å². The van der Waals surface area contributed by atoms with Gasteiger partial charge in [-0.3, -0.25) is 14.6 Å². The monoisotopic (exact) mass is 342 g/mol. The average molecular weight is 342 g/mol. The van der Waals surface area contributed by atoms with Crippen molar-refractivity contribution >= 4 is 23.0 Å². The maximum atomic E-state index is 12.3. The number of aromatic nitrogens is 4. The maximum Gasteiger partial charge on any atom is 0.280 e.